The van der Waals surface area contributed by atoms with E-state index in [1.165, 1.54) is 0 Å². The Labute approximate surface area is 156 Å². The van der Waals surface area contributed by atoms with Gasteiger partial charge in [0.15, 0.2) is 0 Å². The molecule has 26 heavy (non-hydrogen) atoms. The van der Waals surface area contributed by atoms with Crippen LogP contribution in [0.3, 0.4) is 0 Å². The van der Waals surface area contributed by atoms with E-state index in [-0.39, 0.29) is 12.0 Å². The summed E-state index contributed by atoms with van der Waals surface area (Å²) in [6, 6.07) is 10.1. The van der Waals surface area contributed by atoms with Gasteiger partial charge in [0.05, 0.1) is 24.3 Å². The lowest BCUT2D eigenvalue weighted by molar-refractivity contribution is 0.0709. The van der Waals surface area contributed by atoms with Crippen molar-refractivity contribution in [2.45, 2.75) is 40.3 Å². The molecule has 2 heterocycles. The van der Waals surface area contributed by atoms with Gasteiger partial charge in [-0.25, -0.2) is 0 Å². The number of fused-ring (bicyclic) bond motifs is 1. The zero-order chi connectivity index (χ0) is 18.8. The van der Waals surface area contributed by atoms with Crippen LogP contribution in [-0.4, -0.2) is 48.2 Å². The molecule has 1 aromatic heterocycles. The van der Waals surface area contributed by atoms with Gasteiger partial charge >= 0.3 is 0 Å². The fourth-order valence-corrected chi connectivity index (χ4v) is 3.87. The molecule has 0 unspecified atom stereocenters. The molecule has 1 aromatic carbocycles. The molecule has 1 aliphatic heterocycles. The number of anilines is 1. The Kier molecular flexibility index (Phi) is 5.25. The maximum absolute atomic E-state index is 13.0. The second kappa shape index (κ2) is 7.44. The van der Waals surface area contributed by atoms with Crippen LogP contribution in [-0.2, 0) is 6.54 Å². The smallest absolute Gasteiger partial charge is 0.255 e. The SMILES string of the molecule is CCN1C[C@H](CN(C)C(=O)c2cc(C)n(CC)c2C)Oc2ccccc21. The van der Waals surface area contributed by atoms with Gasteiger partial charge in [-0.05, 0) is 45.9 Å². The van der Waals surface area contributed by atoms with Crippen molar-refractivity contribution in [3.8, 4) is 5.75 Å². The standard InChI is InChI=1S/C21H29N3O2/c1-6-23-14-17(26-20-11-9-8-10-19(20)23)13-22(5)21(25)18-12-15(3)24(7-2)16(18)4/h8-12,17H,6-7,13-14H2,1-5H3/t17-/m0/s1. The Bertz CT molecular complexity index is 797. The molecule has 3 rings (SSSR count). The normalized spacial score (nSPS) is 16.2. The fourth-order valence-electron chi connectivity index (χ4n) is 3.87. The van der Waals surface area contributed by atoms with Gasteiger partial charge in [0.2, 0.25) is 0 Å². The highest BCUT2D eigenvalue weighted by atomic mass is 16.5. The van der Waals surface area contributed by atoms with Crippen molar-refractivity contribution < 1.29 is 9.53 Å². The van der Waals surface area contributed by atoms with Gasteiger partial charge in [-0.3, -0.25) is 4.79 Å². The summed E-state index contributed by atoms with van der Waals surface area (Å²) in [5, 5.41) is 0. The summed E-state index contributed by atoms with van der Waals surface area (Å²) in [5.41, 5.74) is 4.08. The van der Waals surface area contributed by atoms with E-state index in [9.17, 15) is 4.79 Å². The number of amides is 1. The maximum atomic E-state index is 13.0. The van der Waals surface area contributed by atoms with Crippen LogP contribution in [0.15, 0.2) is 30.3 Å². The third-order valence-corrected chi connectivity index (χ3v) is 5.25. The van der Waals surface area contributed by atoms with Crippen LogP contribution in [0.1, 0.15) is 35.6 Å². The predicted octanol–water partition coefficient (Wildman–Crippen LogP) is 3.48. The molecule has 1 atom stereocenters. The van der Waals surface area contributed by atoms with Crippen LogP contribution in [0, 0.1) is 13.8 Å². The Balaban J connectivity index is 1.74. The van der Waals surface area contributed by atoms with Gasteiger partial charge in [0, 0.05) is 31.5 Å². The third-order valence-electron chi connectivity index (χ3n) is 5.25. The molecule has 2 aromatic rings. The number of ether oxygens (including phenoxy) is 1. The number of aromatic nitrogens is 1. The second-order valence-electron chi connectivity index (χ2n) is 6.96. The number of benzene rings is 1. The lowest BCUT2D eigenvalue weighted by atomic mass is 10.1. The highest BCUT2D eigenvalue weighted by Crippen LogP contribution is 2.33. The van der Waals surface area contributed by atoms with Gasteiger partial charge in [0.1, 0.15) is 11.9 Å². The topological polar surface area (TPSA) is 37.7 Å². The number of carbonyl (C=O) groups is 1. The van der Waals surface area contributed by atoms with E-state index in [2.05, 4.69) is 29.4 Å². The number of likely N-dealkylation sites (N-methyl/N-ethyl adjacent to an activating group) is 2. The number of hydrogen-bond acceptors (Lipinski definition) is 3. The summed E-state index contributed by atoms with van der Waals surface area (Å²) in [6.07, 6.45) is -0.0338. The molecule has 0 fully saturated rings. The summed E-state index contributed by atoms with van der Waals surface area (Å²) < 4.78 is 8.33. The molecule has 0 radical (unpaired) electrons. The second-order valence-corrected chi connectivity index (χ2v) is 6.96. The Morgan fingerprint density at radius 2 is 1.96 bits per heavy atom. The number of carbonyl (C=O) groups excluding carboxylic acids is 1. The summed E-state index contributed by atoms with van der Waals surface area (Å²) in [7, 11) is 1.86. The average Bonchev–Trinajstić information content (AvgIpc) is 2.93. The van der Waals surface area contributed by atoms with Gasteiger partial charge < -0.3 is 19.1 Å². The molecule has 1 aliphatic rings. The van der Waals surface area contributed by atoms with Gasteiger partial charge in [-0.15, -0.1) is 0 Å². The van der Waals surface area contributed by atoms with E-state index in [0.717, 1.165) is 48.0 Å². The van der Waals surface area contributed by atoms with Crippen LogP contribution in [0.4, 0.5) is 5.69 Å². The van der Waals surface area contributed by atoms with Crippen LogP contribution in [0.2, 0.25) is 0 Å². The third kappa shape index (κ3) is 3.30. The molecule has 1 amide bonds. The Morgan fingerprint density at radius 1 is 1.23 bits per heavy atom. The van der Waals surface area contributed by atoms with Crippen molar-refractivity contribution in [2.24, 2.45) is 0 Å². The number of nitrogens with zero attached hydrogens (tertiary/aromatic N) is 3. The molecule has 140 valence electrons. The first-order valence-electron chi connectivity index (χ1n) is 9.39. The molecule has 0 N–H and O–H groups in total. The van der Waals surface area contributed by atoms with Crippen LogP contribution in [0.25, 0.3) is 0 Å². The molecule has 5 nitrogen and oxygen atoms in total. The van der Waals surface area contributed by atoms with Crippen molar-refractivity contribution in [3.63, 3.8) is 0 Å². The van der Waals surface area contributed by atoms with E-state index < -0.39 is 0 Å². The first-order valence-corrected chi connectivity index (χ1v) is 9.39. The predicted molar refractivity (Wildman–Crippen MR) is 105 cm³/mol. The van der Waals surface area contributed by atoms with Gasteiger partial charge in [0.25, 0.3) is 5.91 Å². The summed E-state index contributed by atoms with van der Waals surface area (Å²) in [5.74, 6) is 0.957. The molecule has 0 bridgehead atoms. The van der Waals surface area contributed by atoms with E-state index >= 15 is 0 Å². The minimum atomic E-state index is -0.0338. The number of rotatable bonds is 5. The summed E-state index contributed by atoms with van der Waals surface area (Å²) >= 11 is 0. The first kappa shape index (κ1) is 18.4. The Hall–Kier alpha value is -2.43. The van der Waals surface area contributed by atoms with Gasteiger partial charge in [-0.1, -0.05) is 12.1 Å². The quantitative estimate of drug-likeness (QED) is 0.824. The highest BCUT2D eigenvalue weighted by molar-refractivity contribution is 5.95. The zero-order valence-electron chi connectivity index (χ0n) is 16.5. The van der Waals surface area contributed by atoms with Crippen molar-refractivity contribution in [3.05, 3.63) is 47.3 Å². The van der Waals surface area contributed by atoms with Crippen molar-refractivity contribution in [2.75, 3.05) is 31.6 Å². The Morgan fingerprint density at radius 3 is 2.62 bits per heavy atom. The van der Waals surface area contributed by atoms with Crippen molar-refractivity contribution in [1.82, 2.24) is 9.47 Å². The van der Waals surface area contributed by atoms with Crippen LogP contribution >= 0.6 is 0 Å². The highest BCUT2D eigenvalue weighted by Gasteiger charge is 2.27. The molecule has 0 spiro atoms. The van der Waals surface area contributed by atoms with Crippen LogP contribution in [0.5, 0.6) is 5.75 Å². The minimum Gasteiger partial charge on any atom is -0.485 e. The van der Waals surface area contributed by atoms with Crippen molar-refractivity contribution >= 4 is 11.6 Å². The zero-order valence-corrected chi connectivity index (χ0v) is 16.5. The maximum Gasteiger partial charge on any atom is 0.255 e. The first-order chi connectivity index (χ1) is 12.5. The van der Waals surface area contributed by atoms with Gasteiger partial charge in [-0.2, -0.15) is 0 Å². The fraction of sp³-hybridized carbons (Fsp3) is 0.476. The van der Waals surface area contributed by atoms with Crippen LogP contribution < -0.4 is 9.64 Å². The molecule has 0 aliphatic carbocycles. The molecule has 0 saturated carbocycles. The molecule has 0 saturated heterocycles. The molecular formula is C21H29N3O2. The lowest BCUT2D eigenvalue weighted by Gasteiger charge is -2.37. The minimum absolute atomic E-state index is 0.0338. The van der Waals surface area contributed by atoms with E-state index in [4.69, 9.17) is 4.74 Å². The monoisotopic (exact) mass is 355 g/mol. The van der Waals surface area contributed by atoms with E-state index in [1.54, 1.807) is 4.90 Å². The van der Waals surface area contributed by atoms with E-state index in [0.29, 0.717) is 6.54 Å². The average molecular weight is 355 g/mol. The van der Waals surface area contributed by atoms with Crippen molar-refractivity contribution in [1.29, 1.82) is 0 Å². The largest absolute Gasteiger partial charge is 0.485 e. The summed E-state index contributed by atoms with van der Waals surface area (Å²) in [4.78, 5) is 17.1. The molecule has 5 heteroatoms. The number of hydrogen-bond donors (Lipinski definition) is 0. The molecular weight excluding hydrogens is 326 g/mol. The van der Waals surface area contributed by atoms with E-state index in [1.807, 2.05) is 45.2 Å². The lowest BCUT2D eigenvalue weighted by Crippen LogP contribution is -2.46. The summed E-state index contributed by atoms with van der Waals surface area (Å²) in [6.45, 7) is 11.5. The number of aryl methyl sites for hydroxylation is 1. The number of para-hydroxylation sites is 2.